The Kier molecular flexibility index (Phi) is 4.44. The second-order valence-corrected chi connectivity index (χ2v) is 3.49. The summed E-state index contributed by atoms with van der Waals surface area (Å²) in [6.07, 6.45) is 3.84. The molecule has 0 atom stereocenters. The molecule has 0 fully saturated rings. The van der Waals surface area contributed by atoms with Crippen molar-refractivity contribution in [3.8, 4) is 0 Å². The Hall–Kier alpha value is -1.91. The lowest BCUT2D eigenvalue weighted by Crippen LogP contribution is -2.12. The number of amides is 1. The number of aromatic nitrogens is 1. The summed E-state index contributed by atoms with van der Waals surface area (Å²) in [4.78, 5) is 25.6. The lowest BCUT2D eigenvalue weighted by molar-refractivity contribution is -0.137. The first-order chi connectivity index (χ1) is 7.59. The number of nitrogens with one attached hydrogen (secondary N) is 1. The van der Waals surface area contributed by atoms with E-state index in [-0.39, 0.29) is 18.7 Å². The molecule has 0 aromatic carbocycles. The van der Waals surface area contributed by atoms with Crippen LogP contribution in [0.2, 0.25) is 0 Å². The molecule has 0 unspecified atom stereocenters. The summed E-state index contributed by atoms with van der Waals surface area (Å²) in [5, 5.41) is 11.1. The predicted octanol–water partition coefficient (Wildman–Crippen LogP) is 1.58. The van der Waals surface area contributed by atoms with Crippen LogP contribution in [0.5, 0.6) is 0 Å². The summed E-state index contributed by atoms with van der Waals surface area (Å²) >= 11 is 0. The van der Waals surface area contributed by atoms with Gasteiger partial charge in [-0.05, 0) is 25.0 Å². The molecule has 1 aromatic heterocycles. The Morgan fingerprint density at radius 2 is 2.19 bits per heavy atom. The third-order valence-corrected chi connectivity index (χ3v) is 2.09. The number of nitrogens with zero attached hydrogens (tertiary/aromatic N) is 1. The van der Waals surface area contributed by atoms with Gasteiger partial charge in [0.2, 0.25) is 5.91 Å². The standard InChI is InChI=1S/C11H14N2O3/c1-8-7-12-6-5-9(8)13-10(14)3-2-4-11(15)16/h5-7H,2-4H2,1H3,(H,15,16)(H,12,13,14). The minimum Gasteiger partial charge on any atom is -0.481 e. The molecule has 2 N–H and O–H groups in total. The highest BCUT2D eigenvalue weighted by atomic mass is 16.4. The first-order valence-corrected chi connectivity index (χ1v) is 5.02. The average Bonchev–Trinajstić information content (AvgIpc) is 2.21. The molecule has 0 aliphatic carbocycles. The van der Waals surface area contributed by atoms with Crippen LogP contribution >= 0.6 is 0 Å². The molecule has 1 aromatic rings. The SMILES string of the molecule is Cc1cnccc1NC(=O)CCCC(=O)O. The highest BCUT2D eigenvalue weighted by Gasteiger charge is 2.05. The first-order valence-electron chi connectivity index (χ1n) is 5.02. The van der Waals surface area contributed by atoms with Crippen LogP contribution in [0.1, 0.15) is 24.8 Å². The fourth-order valence-electron chi connectivity index (χ4n) is 1.23. The summed E-state index contributed by atoms with van der Waals surface area (Å²) in [5.74, 6) is -1.05. The van der Waals surface area contributed by atoms with Crippen LogP contribution in [-0.2, 0) is 9.59 Å². The second kappa shape index (κ2) is 5.85. The van der Waals surface area contributed by atoms with Gasteiger partial charge in [0.05, 0.1) is 0 Å². The zero-order valence-electron chi connectivity index (χ0n) is 9.06. The van der Waals surface area contributed by atoms with Crippen molar-refractivity contribution in [3.05, 3.63) is 24.0 Å². The second-order valence-electron chi connectivity index (χ2n) is 3.49. The van der Waals surface area contributed by atoms with Crippen molar-refractivity contribution in [2.75, 3.05) is 5.32 Å². The van der Waals surface area contributed by atoms with E-state index in [0.29, 0.717) is 6.42 Å². The van der Waals surface area contributed by atoms with Gasteiger partial charge >= 0.3 is 5.97 Å². The van der Waals surface area contributed by atoms with Crippen LogP contribution in [0.25, 0.3) is 0 Å². The van der Waals surface area contributed by atoms with Crippen molar-refractivity contribution in [3.63, 3.8) is 0 Å². The van der Waals surface area contributed by atoms with Crippen LogP contribution < -0.4 is 5.32 Å². The molecule has 0 saturated carbocycles. The summed E-state index contributed by atoms with van der Waals surface area (Å²) in [6, 6.07) is 1.71. The number of pyridine rings is 1. The largest absolute Gasteiger partial charge is 0.481 e. The van der Waals surface area contributed by atoms with E-state index < -0.39 is 5.97 Å². The number of rotatable bonds is 5. The van der Waals surface area contributed by atoms with Gasteiger partial charge in [0.25, 0.3) is 0 Å². The first kappa shape index (κ1) is 12.2. The summed E-state index contributed by atoms with van der Waals surface area (Å²) in [7, 11) is 0. The lowest BCUT2D eigenvalue weighted by atomic mass is 10.2. The molecule has 0 aliphatic heterocycles. The smallest absolute Gasteiger partial charge is 0.303 e. The molecular weight excluding hydrogens is 208 g/mol. The Morgan fingerprint density at radius 3 is 2.81 bits per heavy atom. The molecule has 1 amide bonds. The molecule has 5 nitrogen and oxygen atoms in total. The number of carboxylic acids is 1. The van der Waals surface area contributed by atoms with Gasteiger partial charge in [0.15, 0.2) is 0 Å². The van der Waals surface area contributed by atoms with Crippen molar-refractivity contribution in [2.24, 2.45) is 0 Å². The van der Waals surface area contributed by atoms with Crippen molar-refractivity contribution in [1.82, 2.24) is 4.98 Å². The molecule has 86 valence electrons. The average molecular weight is 222 g/mol. The van der Waals surface area contributed by atoms with E-state index in [2.05, 4.69) is 10.3 Å². The van der Waals surface area contributed by atoms with E-state index in [4.69, 9.17) is 5.11 Å². The van der Waals surface area contributed by atoms with Gasteiger partial charge in [0.1, 0.15) is 0 Å². The molecular formula is C11H14N2O3. The lowest BCUT2D eigenvalue weighted by Gasteiger charge is -2.06. The van der Waals surface area contributed by atoms with Gasteiger partial charge in [-0.15, -0.1) is 0 Å². The number of carbonyl (C=O) groups excluding carboxylic acids is 1. The maximum absolute atomic E-state index is 11.4. The van der Waals surface area contributed by atoms with Crippen molar-refractivity contribution >= 4 is 17.6 Å². The quantitative estimate of drug-likeness (QED) is 0.792. The maximum atomic E-state index is 11.4. The number of carboxylic acid groups (broad SMARTS) is 1. The van der Waals surface area contributed by atoms with Gasteiger partial charge in [-0.25, -0.2) is 0 Å². The Balaban J connectivity index is 2.40. The summed E-state index contributed by atoms with van der Waals surface area (Å²) < 4.78 is 0. The van der Waals surface area contributed by atoms with E-state index in [9.17, 15) is 9.59 Å². The summed E-state index contributed by atoms with van der Waals surface area (Å²) in [6.45, 7) is 1.85. The zero-order valence-corrected chi connectivity index (χ0v) is 9.06. The predicted molar refractivity (Wildman–Crippen MR) is 59.1 cm³/mol. The Labute approximate surface area is 93.5 Å². The zero-order chi connectivity index (χ0) is 12.0. The molecule has 1 rings (SSSR count). The van der Waals surface area contributed by atoms with E-state index in [1.54, 1.807) is 18.5 Å². The van der Waals surface area contributed by atoms with Gasteiger partial charge in [0, 0.05) is 30.9 Å². The molecule has 0 spiro atoms. The van der Waals surface area contributed by atoms with Gasteiger partial charge in [-0.1, -0.05) is 0 Å². The van der Waals surface area contributed by atoms with Gasteiger partial charge in [-0.2, -0.15) is 0 Å². The highest BCUT2D eigenvalue weighted by Crippen LogP contribution is 2.12. The molecule has 0 bridgehead atoms. The van der Waals surface area contributed by atoms with Crippen molar-refractivity contribution < 1.29 is 14.7 Å². The van der Waals surface area contributed by atoms with Crippen LogP contribution in [-0.4, -0.2) is 22.0 Å². The molecule has 0 aliphatic rings. The van der Waals surface area contributed by atoms with Gasteiger partial charge in [-0.3, -0.25) is 14.6 Å². The molecule has 1 heterocycles. The van der Waals surface area contributed by atoms with Crippen molar-refractivity contribution in [2.45, 2.75) is 26.2 Å². The van der Waals surface area contributed by atoms with Gasteiger partial charge < -0.3 is 10.4 Å². The number of aryl methyl sites for hydroxylation is 1. The summed E-state index contributed by atoms with van der Waals surface area (Å²) in [5.41, 5.74) is 1.60. The third kappa shape index (κ3) is 4.08. The van der Waals surface area contributed by atoms with Crippen molar-refractivity contribution in [1.29, 1.82) is 0 Å². The monoisotopic (exact) mass is 222 g/mol. The number of aliphatic carboxylic acids is 1. The molecule has 5 heteroatoms. The number of hydrogen-bond donors (Lipinski definition) is 2. The molecule has 16 heavy (non-hydrogen) atoms. The Bertz CT molecular complexity index is 391. The highest BCUT2D eigenvalue weighted by molar-refractivity contribution is 5.91. The van der Waals surface area contributed by atoms with Crippen LogP contribution in [0.4, 0.5) is 5.69 Å². The van der Waals surface area contributed by atoms with E-state index in [0.717, 1.165) is 11.3 Å². The van der Waals surface area contributed by atoms with E-state index >= 15 is 0 Å². The number of anilines is 1. The van der Waals surface area contributed by atoms with Crippen LogP contribution in [0.3, 0.4) is 0 Å². The fraction of sp³-hybridized carbons (Fsp3) is 0.364. The fourth-order valence-corrected chi connectivity index (χ4v) is 1.23. The maximum Gasteiger partial charge on any atom is 0.303 e. The van der Waals surface area contributed by atoms with Crippen LogP contribution in [0.15, 0.2) is 18.5 Å². The van der Waals surface area contributed by atoms with E-state index in [1.807, 2.05) is 6.92 Å². The molecule has 0 radical (unpaired) electrons. The van der Waals surface area contributed by atoms with E-state index in [1.165, 1.54) is 0 Å². The van der Waals surface area contributed by atoms with Crippen LogP contribution in [0, 0.1) is 6.92 Å². The third-order valence-electron chi connectivity index (χ3n) is 2.09. The number of carbonyl (C=O) groups is 2. The minimum absolute atomic E-state index is 0.0166. The minimum atomic E-state index is -0.882. The Morgan fingerprint density at radius 1 is 1.44 bits per heavy atom. The number of hydrogen-bond acceptors (Lipinski definition) is 3. The topological polar surface area (TPSA) is 79.3 Å². The normalized spacial score (nSPS) is 9.81. The molecule has 0 saturated heterocycles.